The summed E-state index contributed by atoms with van der Waals surface area (Å²) in [5.74, 6) is 0.796. The number of hydrogen-bond acceptors (Lipinski definition) is 8. The number of benzene rings is 1. The lowest BCUT2D eigenvalue weighted by Gasteiger charge is -2.42. The lowest BCUT2D eigenvalue weighted by Crippen LogP contribution is -2.66. The van der Waals surface area contributed by atoms with Crippen LogP contribution in [0.25, 0.3) is 0 Å². The molecular formula is C16H29NO7Si2. The van der Waals surface area contributed by atoms with Crippen molar-refractivity contribution in [2.45, 2.75) is 6.10 Å². The Morgan fingerprint density at radius 2 is 1.65 bits per heavy atom. The van der Waals surface area contributed by atoms with E-state index in [-0.39, 0.29) is 6.10 Å². The van der Waals surface area contributed by atoms with Crippen molar-refractivity contribution in [2.75, 3.05) is 61.0 Å². The third kappa shape index (κ3) is 5.34. The van der Waals surface area contributed by atoms with E-state index in [9.17, 15) is 0 Å². The van der Waals surface area contributed by atoms with Gasteiger partial charge in [-0.05, 0) is 12.1 Å². The molecular weight excluding hydrogens is 374 g/mol. The maximum Gasteiger partial charge on any atom is 0.515 e. The van der Waals surface area contributed by atoms with Gasteiger partial charge >= 0.3 is 17.6 Å². The van der Waals surface area contributed by atoms with Crippen LogP contribution in [0.15, 0.2) is 30.3 Å². The molecule has 0 radical (unpaired) electrons. The van der Waals surface area contributed by atoms with Gasteiger partial charge in [0.25, 0.3) is 0 Å². The van der Waals surface area contributed by atoms with Gasteiger partial charge in [0.1, 0.15) is 12.4 Å². The lowest BCUT2D eigenvalue weighted by atomic mass is 10.3. The van der Waals surface area contributed by atoms with Crippen LogP contribution in [0.4, 0.5) is 0 Å². The number of ether oxygens (including phenoxy) is 1. The number of para-hydroxylation sites is 1. The molecule has 1 heterocycles. The van der Waals surface area contributed by atoms with E-state index in [2.05, 4.69) is 4.90 Å². The van der Waals surface area contributed by atoms with Gasteiger partial charge in [-0.25, -0.2) is 0 Å². The predicted molar refractivity (Wildman–Crippen MR) is 99.8 cm³/mol. The maximum absolute atomic E-state index is 6.16. The highest BCUT2D eigenvalue weighted by Gasteiger charge is 2.51. The average molecular weight is 404 g/mol. The van der Waals surface area contributed by atoms with Crippen LogP contribution >= 0.6 is 0 Å². The summed E-state index contributed by atoms with van der Waals surface area (Å²) in [5, 5.41) is 0. The van der Waals surface area contributed by atoms with E-state index in [1.165, 1.54) is 0 Å². The topological polar surface area (TPSA) is 67.9 Å². The highest BCUT2D eigenvalue weighted by Crippen LogP contribution is 2.22. The second-order valence-corrected chi connectivity index (χ2v) is 11.6. The van der Waals surface area contributed by atoms with E-state index in [1.54, 1.807) is 35.5 Å². The standard InChI is InChI=1S/C16H29NO7Si2/c1-18-25(19-2,20-3)13-17-11-16(24-26(14-17,21-4)22-5)12-23-15-9-7-6-8-10-15/h6-10,16H,11-14H2,1-5H3. The smallest absolute Gasteiger partial charge is 0.491 e. The molecule has 1 aromatic rings. The minimum Gasteiger partial charge on any atom is -0.491 e. The maximum atomic E-state index is 6.16. The first kappa shape index (κ1) is 21.5. The first-order valence-corrected chi connectivity index (χ1v) is 12.2. The van der Waals surface area contributed by atoms with Crippen molar-refractivity contribution in [1.82, 2.24) is 4.90 Å². The molecule has 1 aromatic carbocycles. The summed E-state index contributed by atoms with van der Waals surface area (Å²) in [7, 11) is 2.44. The Labute approximate surface area is 157 Å². The molecule has 1 fully saturated rings. The second-order valence-electron chi connectivity index (χ2n) is 5.92. The molecule has 1 atom stereocenters. The third-order valence-electron chi connectivity index (χ3n) is 4.38. The normalized spacial score (nSPS) is 20.9. The lowest BCUT2D eigenvalue weighted by molar-refractivity contribution is -0.0229. The monoisotopic (exact) mass is 403 g/mol. The van der Waals surface area contributed by atoms with Gasteiger partial charge in [-0.15, -0.1) is 0 Å². The summed E-state index contributed by atoms with van der Waals surface area (Å²) in [6, 6.07) is 9.64. The van der Waals surface area contributed by atoms with Gasteiger partial charge in [-0.1, -0.05) is 18.2 Å². The molecule has 0 aliphatic carbocycles. The van der Waals surface area contributed by atoms with Crippen LogP contribution in [0.1, 0.15) is 0 Å². The van der Waals surface area contributed by atoms with Crippen molar-refractivity contribution in [2.24, 2.45) is 0 Å². The Bertz CT molecular complexity index is 520. The average Bonchev–Trinajstić information content (AvgIpc) is 2.71. The summed E-state index contributed by atoms with van der Waals surface area (Å²) in [6.07, 6.45) is 0.850. The van der Waals surface area contributed by atoms with Gasteiger partial charge < -0.3 is 31.3 Å². The molecule has 0 saturated carbocycles. The largest absolute Gasteiger partial charge is 0.515 e. The van der Waals surface area contributed by atoms with Crippen LogP contribution in [-0.2, 0) is 26.6 Å². The minimum atomic E-state index is -2.83. The molecule has 8 nitrogen and oxygen atoms in total. The Morgan fingerprint density at radius 1 is 1.04 bits per heavy atom. The first-order valence-electron chi connectivity index (χ1n) is 8.38. The van der Waals surface area contributed by atoms with Gasteiger partial charge in [0.15, 0.2) is 0 Å². The van der Waals surface area contributed by atoms with Crippen LogP contribution in [-0.4, -0.2) is 89.6 Å². The fourth-order valence-electron chi connectivity index (χ4n) is 2.89. The third-order valence-corrected chi connectivity index (χ3v) is 9.85. The first-order chi connectivity index (χ1) is 12.5. The Hall–Kier alpha value is -0.826. The molecule has 0 aromatic heterocycles. The van der Waals surface area contributed by atoms with Gasteiger partial charge in [0.2, 0.25) is 0 Å². The quantitative estimate of drug-likeness (QED) is 0.535. The summed E-state index contributed by atoms with van der Waals surface area (Å²) in [5.41, 5.74) is 0. The molecule has 0 spiro atoms. The molecule has 1 unspecified atom stereocenters. The summed E-state index contributed by atoms with van der Waals surface area (Å²) in [4.78, 5) is 2.16. The molecule has 0 bridgehead atoms. The van der Waals surface area contributed by atoms with E-state index < -0.39 is 17.6 Å². The molecule has 1 aliphatic rings. The van der Waals surface area contributed by atoms with Crippen molar-refractivity contribution >= 4 is 17.6 Å². The molecule has 0 amide bonds. The van der Waals surface area contributed by atoms with Crippen molar-refractivity contribution in [3.63, 3.8) is 0 Å². The van der Waals surface area contributed by atoms with Crippen molar-refractivity contribution in [1.29, 1.82) is 0 Å². The predicted octanol–water partition coefficient (Wildman–Crippen LogP) is 0.954. The Balaban J connectivity index is 2.08. The molecule has 2 rings (SSSR count). The van der Waals surface area contributed by atoms with Crippen molar-refractivity contribution in [3.8, 4) is 5.75 Å². The second kappa shape index (κ2) is 9.92. The zero-order valence-electron chi connectivity index (χ0n) is 16.1. The van der Waals surface area contributed by atoms with Gasteiger partial charge in [0.05, 0.1) is 18.4 Å². The SMILES string of the molecule is CO[Si](CN1CC(COc2ccccc2)O[Si](OC)(OC)C1)(OC)OC. The molecule has 1 aliphatic heterocycles. The summed E-state index contributed by atoms with van der Waals surface area (Å²) in [6.45, 7) is 1.03. The molecule has 148 valence electrons. The van der Waals surface area contributed by atoms with Crippen LogP contribution < -0.4 is 4.74 Å². The zero-order chi connectivity index (χ0) is 19.0. The van der Waals surface area contributed by atoms with E-state index >= 15 is 0 Å². The van der Waals surface area contributed by atoms with E-state index in [0.29, 0.717) is 25.5 Å². The molecule has 1 saturated heterocycles. The van der Waals surface area contributed by atoms with E-state index in [4.69, 9.17) is 31.3 Å². The molecule has 10 heteroatoms. The highest BCUT2D eigenvalue weighted by atomic mass is 28.4. The van der Waals surface area contributed by atoms with Gasteiger partial charge in [0, 0.05) is 42.1 Å². The number of hydrogen-bond donors (Lipinski definition) is 0. The van der Waals surface area contributed by atoms with E-state index in [1.807, 2.05) is 30.3 Å². The van der Waals surface area contributed by atoms with Crippen LogP contribution in [0.3, 0.4) is 0 Å². The molecule has 26 heavy (non-hydrogen) atoms. The minimum absolute atomic E-state index is 0.201. The fourth-order valence-corrected chi connectivity index (χ4v) is 6.92. The highest BCUT2D eigenvalue weighted by molar-refractivity contribution is 6.62. The fraction of sp³-hybridized carbons (Fsp3) is 0.625. The van der Waals surface area contributed by atoms with Crippen LogP contribution in [0.5, 0.6) is 5.75 Å². The summed E-state index contributed by atoms with van der Waals surface area (Å²) >= 11 is 0. The number of nitrogens with zero attached hydrogens (tertiary/aromatic N) is 1. The van der Waals surface area contributed by atoms with Crippen molar-refractivity contribution in [3.05, 3.63) is 30.3 Å². The Kier molecular flexibility index (Phi) is 8.19. The van der Waals surface area contributed by atoms with Crippen LogP contribution in [0.2, 0.25) is 0 Å². The Morgan fingerprint density at radius 3 is 2.19 bits per heavy atom. The summed E-state index contributed by atoms with van der Waals surface area (Å²) < 4.78 is 40.0. The van der Waals surface area contributed by atoms with Gasteiger partial charge in [-0.3, -0.25) is 4.90 Å². The van der Waals surface area contributed by atoms with Crippen molar-refractivity contribution < 1.29 is 31.3 Å². The zero-order valence-corrected chi connectivity index (χ0v) is 18.1. The molecule has 0 N–H and O–H groups in total. The number of rotatable bonds is 10. The van der Waals surface area contributed by atoms with Crippen LogP contribution in [0, 0.1) is 0 Å². The van der Waals surface area contributed by atoms with E-state index in [0.717, 1.165) is 5.75 Å². The van der Waals surface area contributed by atoms with Gasteiger partial charge in [-0.2, -0.15) is 0 Å².